The lowest BCUT2D eigenvalue weighted by molar-refractivity contribution is 0.0317. The van der Waals surface area contributed by atoms with Gasteiger partial charge in [-0.15, -0.1) is 0 Å². The molecule has 5 nitrogen and oxygen atoms in total. The number of aryl methyl sites for hydroxylation is 1. The summed E-state index contributed by atoms with van der Waals surface area (Å²) in [5.74, 6) is 0.334. The largest absolute Gasteiger partial charge is 0.508 e. The Labute approximate surface area is 144 Å². The van der Waals surface area contributed by atoms with Crippen LogP contribution in [0.1, 0.15) is 35.2 Å². The van der Waals surface area contributed by atoms with E-state index in [1.54, 1.807) is 18.2 Å². The van der Waals surface area contributed by atoms with Gasteiger partial charge in [-0.3, -0.25) is 9.69 Å². The van der Waals surface area contributed by atoms with Crippen LogP contribution in [0.3, 0.4) is 0 Å². The number of likely N-dealkylation sites (tertiary alicyclic amines) is 1. The smallest absolute Gasteiger partial charge is 0.253 e. The van der Waals surface area contributed by atoms with E-state index in [9.17, 15) is 9.90 Å². The summed E-state index contributed by atoms with van der Waals surface area (Å²) < 4.78 is 0. The van der Waals surface area contributed by atoms with Crippen LogP contribution in [0.4, 0.5) is 0 Å². The summed E-state index contributed by atoms with van der Waals surface area (Å²) in [5, 5.41) is 9.70. The van der Waals surface area contributed by atoms with Crippen molar-refractivity contribution < 1.29 is 9.90 Å². The van der Waals surface area contributed by atoms with Gasteiger partial charge in [0.25, 0.3) is 5.91 Å². The zero-order chi connectivity index (χ0) is 17.3. The normalized spacial score (nSPS) is 22.5. The first kappa shape index (κ1) is 17.2. The van der Waals surface area contributed by atoms with Crippen molar-refractivity contribution in [2.75, 3.05) is 46.8 Å². The second-order valence-electron chi connectivity index (χ2n) is 7.53. The van der Waals surface area contributed by atoms with Gasteiger partial charge in [0.1, 0.15) is 5.75 Å². The Morgan fingerprint density at radius 3 is 2.50 bits per heavy atom. The fourth-order valence-corrected chi connectivity index (χ4v) is 4.01. The van der Waals surface area contributed by atoms with Crippen molar-refractivity contribution in [2.24, 2.45) is 0 Å². The molecule has 24 heavy (non-hydrogen) atoms. The molecular weight excluding hydrogens is 302 g/mol. The molecule has 2 aliphatic rings. The summed E-state index contributed by atoms with van der Waals surface area (Å²) in [7, 11) is 4.38. The van der Waals surface area contributed by atoms with Gasteiger partial charge in [0, 0.05) is 30.7 Å². The van der Waals surface area contributed by atoms with Crippen molar-refractivity contribution in [1.29, 1.82) is 0 Å². The molecule has 1 spiro atoms. The van der Waals surface area contributed by atoms with Crippen molar-refractivity contribution in [3.63, 3.8) is 0 Å². The predicted molar refractivity (Wildman–Crippen MR) is 95.5 cm³/mol. The number of phenols is 1. The van der Waals surface area contributed by atoms with Gasteiger partial charge in [0.15, 0.2) is 0 Å². The molecule has 3 rings (SSSR count). The molecule has 132 valence electrons. The highest BCUT2D eigenvalue weighted by molar-refractivity contribution is 5.94. The van der Waals surface area contributed by atoms with E-state index in [0.717, 1.165) is 57.5 Å². The summed E-state index contributed by atoms with van der Waals surface area (Å²) in [6.45, 7) is 6.66. The van der Waals surface area contributed by atoms with E-state index >= 15 is 0 Å². The zero-order valence-electron chi connectivity index (χ0n) is 15.1. The summed E-state index contributed by atoms with van der Waals surface area (Å²) in [6.07, 6.45) is 3.23. The number of carbonyl (C=O) groups excluding carboxylic acids is 1. The quantitative estimate of drug-likeness (QED) is 0.854. The minimum Gasteiger partial charge on any atom is -0.508 e. The Kier molecular flexibility index (Phi) is 4.83. The lowest BCUT2D eigenvalue weighted by atomic mass is 9.85. The van der Waals surface area contributed by atoms with E-state index < -0.39 is 0 Å². The topological polar surface area (TPSA) is 47.0 Å². The number of aromatic hydroxyl groups is 1. The molecule has 1 N–H and O–H groups in total. The molecule has 0 bridgehead atoms. The molecule has 1 amide bonds. The molecule has 2 heterocycles. The van der Waals surface area contributed by atoms with Gasteiger partial charge in [-0.25, -0.2) is 0 Å². The number of likely N-dealkylation sites (N-methyl/N-ethyl adjacent to an activating group) is 1. The highest BCUT2D eigenvalue weighted by atomic mass is 16.3. The molecule has 0 saturated carbocycles. The maximum atomic E-state index is 13.0. The molecule has 2 saturated heterocycles. The first-order chi connectivity index (χ1) is 11.4. The van der Waals surface area contributed by atoms with Crippen LogP contribution in [-0.2, 0) is 0 Å². The van der Waals surface area contributed by atoms with Crippen LogP contribution in [-0.4, -0.2) is 78.1 Å². The third-order valence-electron chi connectivity index (χ3n) is 5.87. The molecule has 1 aromatic rings. The molecule has 1 aromatic carbocycles. The SMILES string of the molecule is Cc1cc(C(=O)N2CCCN(C)C3(CCN(C)CC3)C2)ccc1O. The van der Waals surface area contributed by atoms with Gasteiger partial charge in [0.2, 0.25) is 0 Å². The fraction of sp³-hybridized carbons (Fsp3) is 0.632. The third kappa shape index (κ3) is 3.28. The van der Waals surface area contributed by atoms with Gasteiger partial charge in [-0.2, -0.15) is 0 Å². The van der Waals surface area contributed by atoms with E-state index in [1.807, 2.05) is 11.8 Å². The summed E-state index contributed by atoms with van der Waals surface area (Å²) in [5.41, 5.74) is 1.53. The average molecular weight is 331 g/mol. The minimum absolute atomic E-state index is 0.0895. The number of amides is 1. The Morgan fingerprint density at radius 1 is 1.12 bits per heavy atom. The maximum Gasteiger partial charge on any atom is 0.253 e. The number of rotatable bonds is 1. The molecular formula is C19H29N3O2. The highest BCUT2D eigenvalue weighted by Crippen LogP contribution is 2.31. The molecule has 2 fully saturated rings. The van der Waals surface area contributed by atoms with Crippen molar-refractivity contribution in [2.45, 2.75) is 31.7 Å². The monoisotopic (exact) mass is 331 g/mol. The standard InChI is InChI=1S/C19H29N3O2/c1-15-13-16(5-6-17(15)23)18(24)22-10-4-9-21(3)19(14-22)7-11-20(2)12-8-19/h5-6,13,23H,4,7-12,14H2,1-3H3. The highest BCUT2D eigenvalue weighted by Gasteiger charge is 2.41. The summed E-state index contributed by atoms with van der Waals surface area (Å²) in [4.78, 5) is 19.9. The second kappa shape index (κ2) is 6.73. The van der Waals surface area contributed by atoms with Crippen LogP contribution in [0.2, 0.25) is 0 Å². The Morgan fingerprint density at radius 2 is 1.83 bits per heavy atom. The van der Waals surface area contributed by atoms with E-state index in [0.29, 0.717) is 5.56 Å². The fourth-order valence-electron chi connectivity index (χ4n) is 4.01. The van der Waals surface area contributed by atoms with Crippen LogP contribution in [0.25, 0.3) is 0 Å². The van der Waals surface area contributed by atoms with Gasteiger partial charge >= 0.3 is 0 Å². The Balaban J connectivity index is 1.82. The number of nitrogens with zero attached hydrogens (tertiary/aromatic N) is 3. The molecule has 0 atom stereocenters. The Bertz CT molecular complexity index is 609. The van der Waals surface area contributed by atoms with Crippen molar-refractivity contribution >= 4 is 5.91 Å². The molecule has 0 radical (unpaired) electrons. The Hall–Kier alpha value is -1.59. The predicted octanol–water partition coefficient (Wildman–Crippen LogP) is 1.94. The van der Waals surface area contributed by atoms with Gasteiger partial charge in [-0.1, -0.05) is 0 Å². The average Bonchev–Trinajstić information content (AvgIpc) is 2.72. The van der Waals surface area contributed by atoms with Crippen molar-refractivity contribution in [3.8, 4) is 5.75 Å². The van der Waals surface area contributed by atoms with E-state index in [-0.39, 0.29) is 17.2 Å². The lowest BCUT2D eigenvalue weighted by Gasteiger charge is -2.47. The van der Waals surface area contributed by atoms with Gasteiger partial charge < -0.3 is 14.9 Å². The van der Waals surface area contributed by atoms with E-state index in [1.165, 1.54) is 0 Å². The minimum atomic E-state index is 0.0895. The summed E-state index contributed by atoms with van der Waals surface area (Å²) >= 11 is 0. The first-order valence-electron chi connectivity index (χ1n) is 8.90. The van der Waals surface area contributed by atoms with Crippen LogP contribution < -0.4 is 0 Å². The maximum absolute atomic E-state index is 13.0. The van der Waals surface area contributed by atoms with E-state index in [4.69, 9.17) is 0 Å². The van der Waals surface area contributed by atoms with Gasteiger partial charge in [-0.05, 0) is 77.1 Å². The van der Waals surface area contributed by atoms with Crippen molar-refractivity contribution in [3.05, 3.63) is 29.3 Å². The zero-order valence-corrected chi connectivity index (χ0v) is 15.1. The number of hydrogen-bond acceptors (Lipinski definition) is 4. The lowest BCUT2D eigenvalue weighted by Crippen LogP contribution is -2.58. The number of carbonyl (C=O) groups is 1. The molecule has 0 aliphatic carbocycles. The molecule has 2 aliphatic heterocycles. The second-order valence-corrected chi connectivity index (χ2v) is 7.53. The molecule has 0 aromatic heterocycles. The first-order valence-corrected chi connectivity index (χ1v) is 8.90. The van der Waals surface area contributed by atoms with Crippen LogP contribution in [0, 0.1) is 6.92 Å². The van der Waals surface area contributed by atoms with E-state index in [2.05, 4.69) is 23.9 Å². The summed E-state index contributed by atoms with van der Waals surface area (Å²) in [6, 6.07) is 5.16. The van der Waals surface area contributed by atoms with Crippen molar-refractivity contribution in [1.82, 2.24) is 14.7 Å². The number of piperidine rings is 1. The van der Waals surface area contributed by atoms with Gasteiger partial charge in [0.05, 0.1) is 0 Å². The molecule has 0 unspecified atom stereocenters. The van der Waals surface area contributed by atoms with Crippen LogP contribution in [0.15, 0.2) is 18.2 Å². The number of hydrogen-bond donors (Lipinski definition) is 1. The third-order valence-corrected chi connectivity index (χ3v) is 5.87. The number of benzene rings is 1. The molecule has 5 heteroatoms. The number of phenolic OH excluding ortho intramolecular Hbond substituents is 1. The van der Waals surface area contributed by atoms with Crippen LogP contribution in [0.5, 0.6) is 5.75 Å². The van der Waals surface area contributed by atoms with Crippen LogP contribution >= 0.6 is 0 Å².